The lowest BCUT2D eigenvalue weighted by molar-refractivity contribution is -0.124. The van der Waals surface area contributed by atoms with Crippen LogP contribution in [-0.2, 0) is 16.0 Å². The summed E-state index contributed by atoms with van der Waals surface area (Å²) >= 11 is 0. The molecule has 0 bridgehead atoms. The molecule has 25 heavy (non-hydrogen) atoms. The van der Waals surface area contributed by atoms with Crippen LogP contribution < -0.4 is 10.1 Å². The van der Waals surface area contributed by atoms with E-state index in [-0.39, 0.29) is 18.1 Å². The van der Waals surface area contributed by atoms with Crippen molar-refractivity contribution in [3.8, 4) is 5.88 Å². The Kier molecular flexibility index (Phi) is 5.65. The number of ether oxygens (including phenoxy) is 2. The first-order valence-corrected chi connectivity index (χ1v) is 8.50. The molecule has 1 aliphatic rings. The molecule has 3 rings (SSSR count). The Balaban J connectivity index is 1.55. The monoisotopic (exact) mass is 345 g/mol. The summed E-state index contributed by atoms with van der Waals surface area (Å²) in [6, 6.07) is 5.40. The molecule has 3 heterocycles. The van der Waals surface area contributed by atoms with Gasteiger partial charge in [-0.3, -0.25) is 4.79 Å². The lowest BCUT2D eigenvalue weighted by atomic mass is 10.0. The van der Waals surface area contributed by atoms with E-state index in [4.69, 9.17) is 14.0 Å². The summed E-state index contributed by atoms with van der Waals surface area (Å²) in [5.41, 5.74) is 1.84. The number of carbonyl (C=O) groups is 1. The minimum Gasteiger partial charge on any atom is -0.470 e. The highest BCUT2D eigenvalue weighted by Gasteiger charge is 2.29. The summed E-state index contributed by atoms with van der Waals surface area (Å²) in [6.45, 7) is 4.80. The van der Waals surface area contributed by atoms with E-state index in [9.17, 15) is 4.79 Å². The van der Waals surface area contributed by atoms with Crippen molar-refractivity contribution in [3.63, 3.8) is 0 Å². The van der Waals surface area contributed by atoms with Crippen LogP contribution in [0, 0.1) is 13.8 Å². The van der Waals surface area contributed by atoms with Crippen LogP contribution in [0.4, 0.5) is 0 Å². The van der Waals surface area contributed by atoms with E-state index in [1.807, 2.05) is 26.0 Å². The van der Waals surface area contributed by atoms with Crippen molar-refractivity contribution >= 4 is 5.91 Å². The molecule has 2 aromatic rings. The molecule has 2 aromatic heterocycles. The van der Waals surface area contributed by atoms with Crippen molar-refractivity contribution in [1.82, 2.24) is 15.5 Å². The van der Waals surface area contributed by atoms with Crippen molar-refractivity contribution in [2.24, 2.45) is 0 Å². The van der Waals surface area contributed by atoms with Gasteiger partial charge >= 0.3 is 0 Å². The molecule has 1 saturated heterocycles. The highest BCUT2D eigenvalue weighted by Crippen LogP contribution is 2.17. The predicted molar refractivity (Wildman–Crippen MR) is 90.3 cm³/mol. The number of amides is 1. The number of carbonyl (C=O) groups excluding carboxylic acids is 1. The number of aryl methyl sites for hydroxylation is 2. The molecule has 0 spiro atoms. The molecule has 7 nitrogen and oxygen atoms in total. The average molecular weight is 345 g/mol. The van der Waals surface area contributed by atoms with Crippen molar-refractivity contribution < 1.29 is 18.8 Å². The van der Waals surface area contributed by atoms with E-state index < -0.39 is 0 Å². The molecule has 134 valence electrons. The third-order valence-corrected chi connectivity index (χ3v) is 4.34. The summed E-state index contributed by atoms with van der Waals surface area (Å²) in [5.74, 6) is 1.29. The van der Waals surface area contributed by atoms with Gasteiger partial charge < -0.3 is 19.3 Å². The summed E-state index contributed by atoms with van der Waals surface area (Å²) in [6.07, 6.45) is 3.15. The van der Waals surface area contributed by atoms with Crippen molar-refractivity contribution in [3.05, 3.63) is 41.4 Å². The van der Waals surface area contributed by atoms with Crippen LogP contribution >= 0.6 is 0 Å². The number of pyridine rings is 1. The molecule has 1 aliphatic heterocycles. The van der Waals surface area contributed by atoms with E-state index >= 15 is 0 Å². The van der Waals surface area contributed by atoms with Crippen LogP contribution in [0.3, 0.4) is 0 Å². The van der Waals surface area contributed by atoms with Gasteiger partial charge in [0.25, 0.3) is 0 Å². The first-order chi connectivity index (χ1) is 12.1. The van der Waals surface area contributed by atoms with Crippen molar-refractivity contribution in [1.29, 1.82) is 0 Å². The van der Waals surface area contributed by atoms with Crippen molar-refractivity contribution in [2.45, 2.75) is 45.3 Å². The quantitative estimate of drug-likeness (QED) is 0.861. The van der Waals surface area contributed by atoms with Gasteiger partial charge in [0, 0.05) is 30.9 Å². The van der Waals surface area contributed by atoms with E-state index in [0.29, 0.717) is 38.4 Å². The van der Waals surface area contributed by atoms with Crippen LogP contribution in [0.5, 0.6) is 5.88 Å². The summed E-state index contributed by atoms with van der Waals surface area (Å²) < 4.78 is 16.5. The number of aromatic nitrogens is 2. The first kappa shape index (κ1) is 17.4. The van der Waals surface area contributed by atoms with Gasteiger partial charge in [-0.2, -0.15) is 0 Å². The SMILES string of the molecule is Cc1noc(C)c1CCC(=O)N[C@@H]1CCOC[C@H]1Oc1ccccn1. The van der Waals surface area contributed by atoms with E-state index in [1.165, 1.54) is 0 Å². The van der Waals surface area contributed by atoms with Gasteiger partial charge in [0.2, 0.25) is 11.8 Å². The van der Waals surface area contributed by atoms with Gasteiger partial charge in [-0.05, 0) is 32.8 Å². The molecule has 0 saturated carbocycles. The Morgan fingerprint density at radius 3 is 3.00 bits per heavy atom. The fourth-order valence-electron chi connectivity index (χ4n) is 2.94. The van der Waals surface area contributed by atoms with Crippen LogP contribution in [0.1, 0.15) is 29.9 Å². The second-order valence-electron chi connectivity index (χ2n) is 6.16. The number of hydrogen-bond acceptors (Lipinski definition) is 6. The maximum atomic E-state index is 12.4. The minimum absolute atomic E-state index is 0.0125. The second-order valence-corrected chi connectivity index (χ2v) is 6.16. The zero-order chi connectivity index (χ0) is 17.6. The maximum Gasteiger partial charge on any atom is 0.220 e. The fourth-order valence-corrected chi connectivity index (χ4v) is 2.94. The maximum absolute atomic E-state index is 12.4. The van der Waals surface area contributed by atoms with E-state index in [0.717, 1.165) is 17.0 Å². The molecule has 1 N–H and O–H groups in total. The second kappa shape index (κ2) is 8.11. The van der Waals surface area contributed by atoms with Crippen molar-refractivity contribution in [2.75, 3.05) is 13.2 Å². The van der Waals surface area contributed by atoms with Crippen LogP contribution in [0.2, 0.25) is 0 Å². The summed E-state index contributed by atoms with van der Waals surface area (Å²) in [7, 11) is 0. The topological polar surface area (TPSA) is 86.5 Å². The smallest absolute Gasteiger partial charge is 0.220 e. The molecule has 0 aromatic carbocycles. The third-order valence-electron chi connectivity index (χ3n) is 4.34. The molecule has 7 heteroatoms. The molecular weight excluding hydrogens is 322 g/mol. The standard InChI is InChI=1S/C18H23N3O4/c1-12-14(13(2)25-21-12)6-7-17(22)20-15-8-10-23-11-16(15)24-18-5-3-4-9-19-18/h3-5,9,15-16H,6-8,10-11H2,1-2H3,(H,20,22)/t15-,16-/m1/s1. The molecule has 0 aliphatic carbocycles. The molecule has 1 fully saturated rings. The lowest BCUT2D eigenvalue weighted by Crippen LogP contribution is -2.51. The predicted octanol–water partition coefficient (Wildman–Crippen LogP) is 1.97. The summed E-state index contributed by atoms with van der Waals surface area (Å²) in [4.78, 5) is 16.5. The van der Waals surface area contributed by atoms with Gasteiger partial charge in [0.05, 0.1) is 18.3 Å². The zero-order valence-electron chi connectivity index (χ0n) is 14.5. The van der Waals surface area contributed by atoms with Gasteiger partial charge in [0.15, 0.2) is 0 Å². The molecular formula is C18H23N3O4. The van der Waals surface area contributed by atoms with E-state index in [2.05, 4.69) is 15.5 Å². The first-order valence-electron chi connectivity index (χ1n) is 8.50. The minimum atomic E-state index is -0.244. The molecule has 0 radical (unpaired) electrons. The number of rotatable bonds is 6. The molecule has 2 atom stereocenters. The highest BCUT2D eigenvalue weighted by atomic mass is 16.5. The normalized spacial score (nSPS) is 20.2. The lowest BCUT2D eigenvalue weighted by Gasteiger charge is -2.32. The highest BCUT2D eigenvalue weighted by molar-refractivity contribution is 5.76. The number of nitrogens with one attached hydrogen (secondary N) is 1. The van der Waals surface area contributed by atoms with Crippen LogP contribution in [0.25, 0.3) is 0 Å². The van der Waals surface area contributed by atoms with Gasteiger partial charge in [0.1, 0.15) is 11.9 Å². The van der Waals surface area contributed by atoms with Crippen LogP contribution in [0.15, 0.2) is 28.9 Å². The average Bonchev–Trinajstić information content (AvgIpc) is 2.94. The Morgan fingerprint density at radius 2 is 2.28 bits per heavy atom. The third kappa shape index (κ3) is 4.57. The Labute approximate surface area is 146 Å². The summed E-state index contributed by atoms with van der Waals surface area (Å²) in [5, 5.41) is 6.99. The Bertz CT molecular complexity index is 682. The zero-order valence-corrected chi connectivity index (χ0v) is 14.5. The number of hydrogen-bond donors (Lipinski definition) is 1. The Hall–Kier alpha value is -2.41. The largest absolute Gasteiger partial charge is 0.470 e. The van der Waals surface area contributed by atoms with Crippen LogP contribution in [-0.4, -0.2) is 41.4 Å². The van der Waals surface area contributed by atoms with Gasteiger partial charge in [-0.25, -0.2) is 4.98 Å². The molecule has 0 unspecified atom stereocenters. The number of nitrogens with zero attached hydrogens (tertiary/aromatic N) is 2. The molecule has 1 amide bonds. The Morgan fingerprint density at radius 1 is 1.40 bits per heavy atom. The van der Waals surface area contributed by atoms with Gasteiger partial charge in [-0.1, -0.05) is 11.2 Å². The van der Waals surface area contributed by atoms with Gasteiger partial charge in [-0.15, -0.1) is 0 Å². The van der Waals surface area contributed by atoms with E-state index in [1.54, 1.807) is 12.3 Å². The fraction of sp³-hybridized carbons (Fsp3) is 0.500.